The van der Waals surface area contributed by atoms with E-state index in [1.807, 2.05) is 13.8 Å². The van der Waals surface area contributed by atoms with Crippen molar-refractivity contribution in [1.82, 2.24) is 0 Å². The summed E-state index contributed by atoms with van der Waals surface area (Å²) in [4.78, 5) is 11.8. The lowest BCUT2D eigenvalue weighted by Crippen LogP contribution is -2.24. The van der Waals surface area contributed by atoms with Gasteiger partial charge in [0.25, 0.3) is 0 Å². The lowest BCUT2D eigenvalue weighted by molar-refractivity contribution is -0.120. The molecule has 0 aromatic rings. The van der Waals surface area contributed by atoms with E-state index in [-0.39, 0.29) is 5.78 Å². The fraction of sp³-hybridized carbons (Fsp3) is 0.545. The average molecular weight is 244 g/mol. The van der Waals surface area contributed by atoms with Gasteiger partial charge in [0, 0.05) is 19.6 Å². The Morgan fingerprint density at radius 2 is 1.75 bits per heavy atom. The van der Waals surface area contributed by atoms with E-state index >= 15 is 0 Å². The van der Waals surface area contributed by atoms with Gasteiger partial charge in [-0.25, -0.2) is 0 Å². The maximum atomic E-state index is 12.2. The molecular weight excluding hydrogens is 227 g/mol. The van der Waals surface area contributed by atoms with Crippen LogP contribution in [0.4, 0.5) is 0 Å². The first kappa shape index (κ1) is 13.4. The van der Waals surface area contributed by atoms with Gasteiger partial charge in [0.15, 0.2) is 5.78 Å². The van der Waals surface area contributed by atoms with Gasteiger partial charge in [0.05, 0.1) is 5.31 Å². The van der Waals surface area contributed by atoms with Crippen LogP contribution in [0.1, 0.15) is 20.8 Å². The van der Waals surface area contributed by atoms with Crippen LogP contribution >= 0.6 is 7.60 Å². The van der Waals surface area contributed by atoms with Crippen molar-refractivity contribution in [3.63, 3.8) is 0 Å². The summed E-state index contributed by atoms with van der Waals surface area (Å²) >= 11 is 0. The molecule has 0 radical (unpaired) electrons. The van der Waals surface area contributed by atoms with E-state index in [4.69, 9.17) is 9.05 Å². The van der Waals surface area contributed by atoms with Crippen LogP contribution < -0.4 is 0 Å². The predicted octanol–water partition coefficient (Wildman–Crippen LogP) is 2.91. The topological polar surface area (TPSA) is 52.6 Å². The molecule has 0 spiro atoms. The lowest BCUT2D eigenvalue weighted by Gasteiger charge is -2.26. The Hall–Kier alpha value is -0.700. The molecule has 0 unspecified atom stereocenters. The first-order chi connectivity index (χ1) is 7.27. The third-order valence-electron chi connectivity index (χ3n) is 2.66. The maximum Gasteiger partial charge on any atom is 0.361 e. The van der Waals surface area contributed by atoms with Crippen molar-refractivity contribution >= 4 is 13.4 Å². The normalized spacial score (nSPS) is 20.4. The molecule has 0 atom stereocenters. The number of carbonyl (C=O) groups is 1. The molecule has 0 saturated heterocycles. The highest BCUT2D eigenvalue weighted by Gasteiger charge is 2.36. The van der Waals surface area contributed by atoms with Crippen LogP contribution in [-0.2, 0) is 18.4 Å². The van der Waals surface area contributed by atoms with Gasteiger partial charge < -0.3 is 9.05 Å². The first-order valence-electron chi connectivity index (χ1n) is 4.95. The molecule has 5 heteroatoms. The molecule has 0 fully saturated rings. The van der Waals surface area contributed by atoms with E-state index in [2.05, 4.69) is 0 Å². The van der Waals surface area contributed by atoms with Gasteiger partial charge in [0.2, 0.25) is 0 Å². The monoisotopic (exact) mass is 244 g/mol. The van der Waals surface area contributed by atoms with E-state index in [0.29, 0.717) is 5.31 Å². The fourth-order valence-electron chi connectivity index (χ4n) is 1.68. The molecule has 0 aliphatic heterocycles. The highest BCUT2D eigenvalue weighted by Crippen LogP contribution is 2.58. The molecule has 0 aromatic heterocycles. The van der Waals surface area contributed by atoms with Crippen molar-refractivity contribution in [2.75, 3.05) is 14.2 Å². The van der Waals surface area contributed by atoms with Crippen molar-refractivity contribution in [3.05, 3.63) is 23.0 Å². The molecule has 0 saturated carbocycles. The second-order valence-corrected chi connectivity index (χ2v) is 6.51. The number of ketones is 1. The number of hydrogen-bond acceptors (Lipinski definition) is 4. The van der Waals surface area contributed by atoms with E-state index in [0.717, 1.165) is 5.57 Å². The zero-order valence-electron chi connectivity index (χ0n) is 10.2. The molecular formula is C11H17O4P. The Kier molecular flexibility index (Phi) is 3.58. The Balaban J connectivity index is 3.25. The zero-order chi connectivity index (χ0) is 12.6. The summed E-state index contributed by atoms with van der Waals surface area (Å²) in [5.41, 5.74) is 0.205. The summed E-state index contributed by atoms with van der Waals surface area (Å²) in [6.45, 7) is 5.43. The third kappa shape index (κ3) is 2.19. The van der Waals surface area contributed by atoms with Gasteiger partial charge in [-0.05, 0) is 32.4 Å². The first-order valence-corrected chi connectivity index (χ1v) is 6.49. The summed E-state index contributed by atoms with van der Waals surface area (Å²) in [6, 6.07) is 0. The lowest BCUT2D eigenvalue weighted by atomic mass is 9.82. The second kappa shape index (κ2) is 4.28. The minimum Gasteiger partial charge on any atom is -0.309 e. The van der Waals surface area contributed by atoms with E-state index < -0.39 is 13.0 Å². The molecule has 4 nitrogen and oxygen atoms in total. The van der Waals surface area contributed by atoms with Gasteiger partial charge in [-0.3, -0.25) is 9.36 Å². The molecule has 1 aliphatic rings. The van der Waals surface area contributed by atoms with Crippen LogP contribution in [0.5, 0.6) is 0 Å². The second-order valence-electron chi connectivity index (χ2n) is 4.31. The summed E-state index contributed by atoms with van der Waals surface area (Å²) in [5, 5.41) is 0.349. The van der Waals surface area contributed by atoms with Gasteiger partial charge in [-0.15, -0.1) is 0 Å². The van der Waals surface area contributed by atoms with Gasteiger partial charge in [0.1, 0.15) is 0 Å². The highest BCUT2D eigenvalue weighted by atomic mass is 31.2. The molecule has 1 aliphatic carbocycles. The van der Waals surface area contributed by atoms with Crippen LogP contribution in [0.3, 0.4) is 0 Å². The van der Waals surface area contributed by atoms with E-state index in [9.17, 15) is 9.36 Å². The van der Waals surface area contributed by atoms with Crippen LogP contribution in [-0.4, -0.2) is 20.0 Å². The van der Waals surface area contributed by atoms with Crippen molar-refractivity contribution in [1.29, 1.82) is 0 Å². The van der Waals surface area contributed by atoms with Crippen molar-refractivity contribution in [2.45, 2.75) is 20.8 Å². The van der Waals surface area contributed by atoms with Crippen LogP contribution in [0.15, 0.2) is 23.0 Å². The minimum atomic E-state index is -3.33. The summed E-state index contributed by atoms with van der Waals surface area (Å²) < 4.78 is 21.9. The van der Waals surface area contributed by atoms with Gasteiger partial charge in [-0.2, -0.15) is 0 Å². The van der Waals surface area contributed by atoms with Crippen molar-refractivity contribution < 1.29 is 18.4 Å². The van der Waals surface area contributed by atoms with Crippen molar-refractivity contribution in [2.24, 2.45) is 5.41 Å². The van der Waals surface area contributed by atoms with Crippen LogP contribution in [0.2, 0.25) is 0 Å². The number of rotatable bonds is 3. The molecule has 0 N–H and O–H groups in total. The van der Waals surface area contributed by atoms with E-state index in [1.165, 1.54) is 20.3 Å². The van der Waals surface area contributed by atoms with E-state index in [1.54, 1.807) is 13.0 Å². The molecule has 0 aromatic carbocycles. The van der Waals surface area contributed by atoms with Gasteiger partial charge >= 0.3 is 7.60 Å². The SMILES string of the molecule is COP(=O)(OC)C1=CC(=O)C(C)(C)C=C1C. The number of allylic oxidation sites excluding steroid dienone is 4. The fourth-order valence-corrected chi connectivity index (χ4v) is 2.99. The van der Waals surface area contributed by atoms with Crippen LogP contribution in [0, 0.1) is 5.41 Å². The summed E-state index contributed by atoms with van der Waals surface area (Å²) in [6.07, 6.45) is 3.15. The zero-order valence-corrected chi connectivity index (χ0v) is 11.1. The Labute approximate surface area is 95.9 Å². The van der Waals surface area contributed by atoms with Gasteiger partial charge in [-0.1, -0.05) is 6.08 Å². The molecule has 90 valence electrons. The van der Waals surface area contributed by atoms with Crippen LogP contribution in [0.25, 0.3) is 0 Å². The largest absolute Gasteiger partial charge is 0.361 e. The molecule has 1 rings (SSSR count). The summed E-state index contributed by atoms with van der Waals surface area (Å²) in [5.74, 6) is -0.0950. The van der Waals surface area contributed by atoms with Crippen molar-refractivity contribution in [3.8, 4) is 0 Å². The minimum absolute atomic E-state index is 0.0950. The predicted molar refractivity (Wildman–Crippen MR) is 62.3 cm³/mol. The Morgan fingerprint density at radius 3 is 2.19 bits per heavy atom. The molecule has 0 amide bonds. The Morgan fingerprint density at radius 1 is 1.25 bits per heavy atom. The molecule has 16 heavy (non-hydrogen) atoms. The average Bonchev–Trinajstić information content (AvgIpc) is 2.22. The molecule has 0 bridgehead atoms. The Bertz CT molecular complexity index is 410. The smallest absolute Gasteiger partial charge is 0.309 e. The molecule has 0 heterocycles. The number of carbonyl (C=O) groups excluding carboxylic acids is 1. The standard InChI is InChI=1S/C11H17O4P/c1-8-7-11(2,3)10(12)6-9(8)16(13,14-4)15-5/h6-7H,1-5H3. The quantitative estimate of drug-likeness (QED) is 0.716. The highest BCUT2D eigenvalue weighted by molar-refractivity contribution is 7.58. The summed E-state index contributed by atoms with van der Waals surface area (Å²) in [7, 11) is -0.718. The number of hydrogen-bond donors (Lipinski definition) is 0. The maximum absolute atomic E-state index is 12.2. The third-order valence-corrected chi connectivity index (χ3v) is 4.69.